The summed E-state index contributed by atoms with van der Waals surface area (Å²) in [7, 11) is 1.52. The van der Waals surface area contributed by atoms with Gasteiger partial charge >= 0.3 is 5.97 Å². The average molecular weight is 263 g/mol. The smallest absolute Gasteiger partial charge is 0.323 e. The van der Waals surface area contributed by atoms with Crippen LogP contribution in [-0.4, -0.2) is 35.5 Å². The lowest BCUT2D eigenvalue weighted by molar-refractivity contribution is -0.143. The number of aliphatic carboxylic acids is 1. The molecular weight excluding hydrogens is 242 g/mol. The molecule has 0 unspecified atom stereocenters. The second kappa shape index (κ2) is 6.92. The van der Waals surface area contributed by atoms with Crippen LogP contribution in [0.1, 0.15) is 29.5 Å². The number of carboxylic acid groups (broad SMARTS) is 1. The van der Waals surface area contributed by atoms with Gasteiger partial charge in [0.2, 0.25) is 5.91 Å². The van der Waals surface area contributed by atoms with Gasteiger partial charge < -0.3 is 10.0 Å². The van der Waals surface area contributed by atoms with Crippen LogP contribution >= 0.6 is 0 Å². The number of amides is 1. The molecule has 0 aromatic heterocycles. The molecule has 0 radical (unpaired) electrons. The summed E-state index contributed by atoms with van der Waals surface area (Å²) in [5, 5.41) is 8.61. The van der Waals surface area contributed by atoms with Crippen molar-refractivity contribution in [1.29, 1.82) is 0 Å². The van der Waals surface area contributed by atoms with Crippen LogP contribution in [0.15, 0.2) is 18.2 Å². The Bertz CT molecular complexity index is 468. The Morgan fingerprint density at radius 3 is 2.58 bits per heavy atom. The molecule has 0 aliphatic rings. The van der Waals surface area contributed by atoms with Crippen molar-refractivity contribution in [3.63, 3.8) is 0 Å². The SMILES string of the molecule is Cc1ccc(C)c(CCCC(=O)N(C)CC(=O)O)c1. The molecule has 0 heterocycles. The van der Waals surface area contributed by atoms with Crippen LogP contribution in [-0.2, 0) is 16.0 Å². The van der Waals surface area contributed by atoms with Gasteiger partial charge in [0.25, 0.3) is 0 Å². The first-order valence-electron chi connectivity index (χ1n) is 6.42. The minimum Gasteiger partial charge on any atom is -0.480 e. The van der Waals surface area contributed by atoms with E-state index in [0.717, 1.165) is 12.8 Å². The maximum atomic E-state index is 11.7. The highest BCUT2D eigenvalue weighted by Crippen LogP contribution is 2.13. The average Bonchev–Trinajstić information content (AvgIpc) is 2.32. The van der Waals surface area contributed by atoms with Gasteiger partial charge in [-0.1, -0.05) is 23.8 Å². The largest absolute Gasteiger partial charge is 0.480 e. The summed E-state index contributed by atoms with van der Waals surface area (Å²) < 4.78 is 0. The third kappa shape index (κ3) is 5.12. The maximum Gasteiger partial charge on any atom is 0.323 e. The Morgan fingerprint density at radius 2 is 1.95 bits per heavy atom. The van der Waals surface area contributed by atoms with E-state index < -0.39 is 5.97 Å². The highest BCUT2D eigenvalue weighted by atomic mass is 16.4. The molecular formula is C15H21NO3. The van der Waals surface area contributed by atoms with Gasteiger partial charge in [-0.25, -0.2) is 0 Å². The van der Waals surface area contributed by atoms with Crippen LogP contribution in [0.2, 0.25) is 0 Å². The van der Waals surface area contributed by atoms with E-state index in [0.29, 0.717) is 6.42 Å². The van der Waals surface area contributed by atoms with Gasteiger partial charge in [-0.2, -0.15) is 0 Å². The molecule has 104 valence electrons. The molecule has 1 aromatic carbocycles. The first-order chi connectivity index (χ1) is 8.90. The van der Waals surface area contributed by atoms with Crippen molar-refractivity contribution in [3.05, 3.63) is 34.9 Å². The third-order valence-electron chi connectivity index (χ3n) is 3.14. The second-order valence-electron chi connectivity index (χ2n) is 4.93. The highest BCUT2D eigenvalue weighted by molar-refractivity contribution is 5.80. The zero-order valence-corrected chi connectivity index (χ0v) is 11.8. The van der Waals surface area contributed by atoms with Gasteiger partial charge in [0.1, 0.15) is 6.54 Å². The van der Waals surface area contributed by atoms with Gasteiger partial charge in [0.15, 0.2) is 0 Å². The molecule has 4 nitrogen and oxygen atoms in total. The molecule has 0 saturated heterocycles. The molecule has 1 N–H and O–H groups in total. The van der Waals surface area contributed by atoms with Crippen molar-refractivity contribution in [2.45, 2.75) is 33.1 Å². The molecule has 0 saturated carbocycles. The number of hydrogen-bond donors (Lipinski definition) is 1. The zero-order valence-electron chi connectivity index (χ0n) is 11.8. The lowest BCUT2D eigenvalue weighted by Gasteiger charge is -2.14. The van der Waals surface area contributed by atoms with E-state index in [4.69, 9.17) is 5.11 Å². The molecule has 0 fully saturated rings. The quantitative estimate of drug-likeness (QED) is 0.855. The molecule has 0 spiro atoms. The highest BCUT2D eigenvalue weighted by Gasteiger charge is 2.11. The fourth-order valence-corrected chi connectivity index (χ4v) is 1.98. The lowest BCUT2D eigenvalue weighted by Crippen LogP contribution is -2.31. The number of benzene rings is 1. The van der Waals surface area contributed by atoms with E-state index in [1.54, 1.807) is 0 Å². The molecule has 19 heavy (non-hydrogen) atoms. The summed E-state index contributed by atoms with van der Waals surface area (Å²) in [6.07, 6.45) is 1.98. The Labute approximate surface area is 114 Å². The van der Waals surface area contributed by atoms with Gasteiger partial charge in [0.05, 0.1) is 0 Å². The van der Waals surface area contributed by atoms with Crippen LogP contribution in [0.4, 0.5) is 0 Å². The predicted octanol–water partition coefficient (Wildman–Crippen LogP) is 2.17. The monoisotopic (exact) mass is 263 g/mol. The fourth-order valence-electron chi connectivity index (χ4n) is 1.98. The summed E-state index contributed by atoms with van der Waals surface area (Å²) in [6, 6.07) is 6.30. The second-order valence-corrected chi connectivity index (χ2v) is 4.93. The predicted molar refractivity (Wildman–Crippen MR) is 74.1 cm³/mol. The lowest BCUT2D eigenvalue weighted by atomic mass is 10.0. The van der Waals surface area contributed by atoms with E-state index >= 15 is 0 Å². The van der Waals surface area contributed by atoms with Gasteiger partial charge in [-0.05, 0) is 37.8 Å². The standard InChI is InChI=1S/C15H21NO3/c1-11-7-8-12(2)13(9-11)5-4-6-14(17)16(3)10-15(18)19/h7-9H,4-6,10H2,1-3H3,(H,18,19). The Balaban J connectivity index is 2.43. The van der Waals surface area contributed by atoms with E-state index in [2.05, 4.69) is 32.0 Å². The minimum absolute atomic E-state index is 0.118. The van der Waals surface area contributed by atoms with Crippen LogP contribution in [0.25, 0.3) is 0 Å². The van der Waals surface area contributed by atoms with Crippen molar-refractivity contribution < 1.29 is 14.7 Å². The molecule has 0 bridgehead atoms. The van der Waals surface area contributed by atoms with E-state index in [-0.39, 0.29) is 12.5 Å². The summed E-state index contributed by atoms with van der Waals surface area (Å²) in [6.45, 7) is 3.88. The summed E-state index contributed by atoms with van der Waals surface area (Å²) in [5.74, 6) is -1.10. The van der Waals surface area contributed by atoms with Gasteiger partial charge in [-0.3, -0.25) is 9.59 Å². The molecule has 1 rings (SSSR count). The number of aryl methyl sites for hydroxylation is 3. The van der Waals surface area contributed by atoms with Crippen molar-refractivity contribution in [2.75, 3.05) is 13.6 Å². The van der Waals surface area contributed by atoms with E-state index in [1.807, 2.05) is 0 Å². The Hall–Kier alpha value is -1.84. The van der Waals surface area contributed by atoms with Gasteiger partial charge in [0, 0.05) is 13.5 Å². The maximum absolute atomic E-state index is 11.7. The van der Waals surface area contributed by atoms with Crippen molar-refractivity contribution in [2.24, 2.45) is 0 Å². The van der Waals surface area contributed by atoms with Crippen LogP contribution < -0.4 is 0 Å². The fraction of sp³-hybridized carbons (Fsp3) is 0.467. The number of hydrogen-bond acceptors (Lipinski definition) is 2. The van der Waals surface area contributed by atoms with E-state index in [1.165, 1.54) is 28.6 Å². The number of carbonyl (C=O) groups excluding carboxylic acids is 1. The van der Waals surface area contributed by atoms with Gasteiger partial charge in [-0.15, -0.1) is 0 Å². The van der Waals surface area contributed by atoms with Crippen molar-refractivity contribution >= 4 is 11.9 Å². The number of rotatable bonds is 6. The zero-order chi connectivity index (χ0) is 14.4. The van der Waals surface area contributed by atoms with E-state index in [9.17, 15) is 9.59 Å². The minimum atomic E-state index is -0.981. The Morgan fingerprint density at radius 1 is 1.26 bits per heavy atom. The van der Waals surface area contributed by atoms with Crippen molar-refractivity contribution in [3.8, 4) is 0 Å². The molecule has 0 aliphatic heterocycles. The molecule has 4 heteroatoms. The molecule has 1 amide bonds. The molecule has 1 aromatic rings. The first kappa shape index (κ1) is 15.2. The number of carboxylic acids is 1. The van der Waals surface area contributed by atoms with Crippen LogP contribution in [0.5, 0.6) is 0 Å². The van der Waals surface area contributed by atoms with Crippen molar-refractivity contribution in [1.82, 2.24) is 4.90 Å². The topological polar surface area (TPSA) is 57.6 Å². The number of carbonyl (C=O) groups is 2. The molecule has 0 atom stereocenters. The number of nitrogens with zero attached hydrogens (tertiary/aromatic N) is 1. The Kier molecular flexibility index (Phi) is 5.55. The molecule has 0 aliphatic carbocycles. The number of likely N-dealkylation sites (N-methyl/N-ethyl adjacent to an activating group) is 1. The summed E-state index contributed by atoms with van der Waals surface area (Å²) in [5.41, 5.74) is 3.71. The first-order valence-corrected chi connectivity index (χ1v) is 6.42. The normalized spacial score (nSPS) is 10.3. The third-order valence-corrected chi connectivity index (χ3v) is 3.14. The summed E-state index contributed by atoms with van der Waals surface area (Å²) in [4.78, 5) is 23.4. The summed E-state index contributed by atoms with van der Waals surface area (Å²) >= 11 is 0. The van der Waals surface area contributed by atoms with Crippen LogP contribution in [0.3, 0.4) is 0 Å². The van der Waals surface area contributed by atoms with Crippen LogP contribution in [0, 0.1) is 13.8 Å².